The summed E-state index contributed by atoms with van der Waals surface area (Å²) in [6, 6.07) is 21.4. The fourth-order valence-electron chi connectivity index (χ4n) is 3.93. The van der Waals surface area contributed by atoms with Gasteiger partial charge in [0.25, 0.3) is 5.91 Å². The molecule has 0 radical (unpaired) electrons. The Morgan fingerprint density at radius 1 is 0.784 bits per heavy atom. The minimum atomic E-state index is -0.902. The van der Waals surface area contributed by atoms with Crippen LogP contribution >= 0.6 is 47.8 Å². The Kier molecular flexibility index (Phi) is 24.8. The number of aromatic nitrogens is 2. The molecular weight excluding hydrogens is 931 g/mol. The van der Waals surface area contributed by atoms with E-state index >= 15 is 0 Å². The van der Waals surface area contributed by atoms with E-state index in [0.717, 1.165) is 50.6 Å². The van der Waals surface area contributed by atoms with Crippen LogP contribution in [-0.4, -0.2) is 109 Å². The Labute approximate surface area is 411 Å². The number of hydrogen-bond donors (Lipinski definition) is 4. The third-order valence-electron chi connectivity index (χ3n) is 7.08. The van der Waals surface area contributed by atoms with Crippen LogP contribution in [0.5, 0.6) is 0 Å². The van der Waals surface area contributed by atoms with Gasteiger partial charge in [0.15, 0.2) is 0 Å². The molecule has 4 aromatic rings. The van der Waals surface area contributed by atoms with Crippen LogP contribution in [0.15, 0.2) is 90.6 Å². The molecule has 0 bridgehead atoms. The molecule has 51 heavy (non-hydrogen) atoms. The Bertz CT molecular complexity index is 1760. The van der Waals surface area contributed by atoms with Gasteiger partial charge in [0, 0.05) is 42.3 Å². The summed E-state index contributed by atoms with van der Waals surface area (Å²) in [6.45, 7) is 0.241. The first-order valence-electron chi connectivity index (χ1n) is 16.2. The molecule has 0 saturated heterocycles. The quantitative estimate of drug-likeness (QED) is 0.160. The summed E-state index contributed by atoms with van der Waals surface area (Å²) >= 11 is 12.4. The van der Waals surface area contributed by atoms with Crippen molar-refractivity contribution >= 4 is 135 Å². The molecule has 0 unspecified atom stereocenters. The van der Waals surface area contributed by atoms with Gasteiger partial charge >= 0.3 is 121 Å². The predicted molar refractivity (Wildman–Crippen MR) is 202 cm³/mol. The Morgan fingerprint density at radius 2 is 1.31 bits per heavy atom. The maximum atomic E-state index is 11.6. The summed E-state index contributed by atoms with van der Waals surface area (Å²) in [6.07, 6.45) is 6.35. The number of rotatable bonds is 7. The van der Waals surface area contributed by atoms with Gasteiger partial charge in [-0.1, -0.05) is 66.0 Å². The molecule has 5 N–H and O–H groups in total. The fourth-order valence-corrected chi connectivity index (χ4v) is 5.13. The number of Topliss-reactive ketones (excluding diaryl/α,β-unsaturated/α-hetero) is 1. The van der Waals surface area contributed by atoms with Gasteiger partial charge in [-0.05, 0) is 93.1 Å². The number of hydrogen-bond acceptors (Lipinski definition) is 8. The van der Waals surface area contributed by atoms with Gasteiger partial charge in [0.2, 0.25) is 17.7 Å². The van der Waals surface area contributed by atoms with Crippen LogP contribution in [0.2, 0.25) is 0 Å². The van der Waals surface area contributed by atoms with E-state index in [-0.39, 0.29) is 82.9 Å². The number of ketones is 1. The Hall–Kier alpha value is 1.19. The zero-order valence-corrected chi connectivity index (χ0v) is 42.8. The fraction of sp³-hybridized carbons (Fsp3) is 0.294. The Balaban J connectivity index is 0.000000350. The van der Waals surface area contributed by atoms with Crippen molar-refractivity contribution in [1.82, 2.24) is 21.0 Å². The first kappa shape index (κ1) is 48.3. The second kappa shape index (κ2) is 26.2. The normalized spacial score (nSPS) is 13.7. The number of hydrazine groups is 1. The molecule has 0 atom stereocenters. The second-order valence-corrected chi connectivity index (χ2v) is 14.0. The van der Waals surface area contributed by atoms with Crippen LogP contribution in [0.25, 0.3) is 11.5 Å². The van der Waals surface area contributed by atoms with Gasteiger partial charge in [-0.3, -0.25) is 25.2 Å². The number of nitrogens with one attached hydrogen (secondary N) is 2. The van der Waals surface area contributed by atoms with Crippen molar-refractivity contribution in [2.75, 3.05) is 6.54 Å². The number of aromatic carboxylic acids is 1. The molecule has 2 amide bonds. The van der Waals surface area contributed by atoms with Crippen LogP contribution in [0.4, 0.5) is 0 Å². The molecular formula is C34H35Br3K3N5O6. The van der Waals surface area contributed by atoms with E-state index in [0.29, 0.717) is 28.9 Å². The topological polar surface area (TPSA) is 178 Å². The van der Waals surface area contributed by atoms with E-state index in [1.807, 2.05) is 30.3 Å². The first-order chi connectivity index (χ1) is 24.0. The van der Waals surface area contributed by atoms with Crippen LogP contribution in [0, 0.1) is 11.8 Å². The SMILES string of the molecule is Brc1cccc(-c2nnc(C3CC3)o2)c1.NCC(=O)C1CC1.O=C(NNC(=O)C1CC1)c1cccc(Br)c1.O=C(O)c1cccc(Br)c1.[H-].[K+].[K][K]. The van der Waals surface area contributed by atoms with E-state index in [1.165, 1.54) is 76.0 Å². The number of benzene rings is 3. The van der Waals surface area contributed by atoms with Crippen molar-refractivity contribution in [2.24, 2.45) is 17.6 Å². The number of carboxylic acid groups (broad SMARTS) is 1. The zero-order valence-electron chi connectivity index (χ0n) is 29.7. The summed E-state index contributed by atoms with van der Waals surface area (Å²) in [5, 5.41) is 16.6. The van der Waals surface area contributed by atoms with Gasteiger partial charge in [-0.2, -0.15) is 0 Å². The summed E-state index contributed by atoms with van der Waals surface area (Å²) in [5.74, 6) is 1.26. The molecule has 3 aliphatic carbocycles. The van der Waals surface area contributed by atoms with Crippen molar-refractivity contribution < 1.29 is 81.5 Å². The number of amides is 2. The van der Waals surface area contributed by atoms with Crippen LogP contribution < -0.4 is 68.0 Å². The predicted octanol–water partition coefficient (Wildman–Crippen LogP) is 3.42. The van der Waals surface area contributed by atoms with E-state index in [9.17, 15) is 19.2 Å². The molecule has 11 nitrogen and oxygen atoms in total. The summed E-state index contributed by atoms with van der Waals surface area (Å²) in [4.78, 5) is 43.7. The Morgan fingerprint density at radius 3 is 1.76 bits per heavy atom. The van der Waals surface area contributed by atoms with Gasteiger partial charge in [-0.15, -0.1) is 10.2 Å². The second-order valence-electron chi connectivity index (χ2n) is 11.2. The molecule has 3 aromatic carbocycles. The van der Waals surface area contributed by atoms with Crippen molar-refractivity contribution in [2.45, 2.75) is 44.4 Å². The molecule has 7 rings (SSSR count). The number of nitrogens with two attached hydrogens (primary N) is 1. The molecule has 1 heterocycles. The molecule has 0 spiro atoms. The molecule has 3 saturated carbocycles. The monoisotopic (exact) mass is 963 g/mol. The van der Waals surface area contributed by atoms with Crippen molar-refractivity contribution in [3.8, 4) is 11.5 Å². The van der Waals surface area contributed by atoms with Crippen LogP contribution in [0.1, 0.15) is 72.5 Å². The van der Waals surface area contributed by atoms with Gasteiger partial charge in [-0.25, -0.2) is 4.79 Å². The van der Waals surface area contributed by atoms with E-state index < -0.39 is 5.97 Å². The maximum absolute atomic E-state index is 11.6. The molecule has 17 heteroatoms. The average Bonchev–Trinajstić information content (AvgIpc) is 3.98. The van der Waals surface area contributed by atoms with E-state index in [2.05, 4.69) is 68.8 Å². The number of carboxylic acids is 1. The number of halogens is 3. The summed E-state index contributed by atoms with van der Waals surface area (Å²) in [5.41, 5.74) is 11.6. The average molecular weight is 967 g/mol. The molecule has 1 aromatic heterocycles. The standard InChI is InChI=1S/C11H11BrN2O2.C11H9BrN2O.C7H5BrO2.C5H9NO.3K.H/c12-9-3-1-2-8(6-9)11(16)14-13-10(15)7-4-5-7;12-9-3-1-2-8(6-9)11-14-13-10(15-11)7-4-5-7;8-6-3-1-2-5(4-6)7(9)10;6-3-5(7)4-1-2-4;;;;/h1-3,6-7H,4-5H2,(H,13,15)(H,14,16);1-3,6-7H,4-5H2;1-4H,(H,9,10);4H,1-3,6H2;;;;/q;;;;;;+1;-1. The minimum absolute atomic E-state index is 0. The third-order valence-corrected chi connectivity index (χ3v) is 8.56. The van der Waals surface area contributed by atoms with Gasteiger partial charge in [0.1, 0.15) is 5.78 Å². The zero-order chi connectivity index (χ0) is 36.6. The van der Waals surface area contributed by atoms with Crippen molar-refractivity contribution in [3.63, 3.8) is 0 Å². The van der Waals surface area contributed by atoms with Crippen LogP contribution in [-0.2, 0) is 9.59 Å². The van der Waals surface area contributed by atoms with Crippen LogP contribution in [0.3, 0.4) is 0 Å². The summed E-state index contributed by atoms with van der Waals surface area (Å²) in [7, 11) is 0. The number of nitrogens with zero attached hydrogens (tertiary/aromatic N) is 2. The molecule has 3 fully saturated rings. The van der Waals surface area contributed by atoms with E-state index in [1.54, 1.807) is 42.5 Å². The molecule has 0 aliphatic heterocycles. The number of carbonyl (C=O) groups excluding carboxylic acids is 3. The van der Waals surface area contributed by atoms with E-state index in [4.69, 9.17) is 15.3 Å². The molecule has 3 aliphatic rings. The molecule has 256 valence electrons. The summed E-state index contributed by atoms with van der Waals surface area (Å²) < 4.78 is 8.24. The van der Waals surface area contributed by atoms with Gasteiger partial charge < -0.3 is 16.7 Å². The van der Waals surface area contributed by atoms with Crippen molar-refractivity contribution in [3.05, 3.63) is 103 Å². The van der Waals surface area contributed by atoms with Gasteiger partial charge in [0.05, 0.1) is 12.1 Å². The first-order valence-corrected chi connectivity index (χ1v) is 34.6. The number of carbonyl (C=O) groups is 4. The van der Waals surface area contributed by atoms with Crippen molar-refractivity contribution in [1.29, 1.82) is 0 Å². The third kappa shape index (κ3) is 19.3.